The predicted molar refractivity (Wildman–Crippen MR) is 105 cm³/mol. The molecule has 5 nitrogen and oxygen atoms in total. The van der Waals surface area contributed by atoms with E-state index in [1.165, 1.54) is 6.07 Å². The summed E-state index contributed by atoms with van der Waals surface area (Å²) >= 11 is 15.5. The number of halogens is 3. The maximum Gasteiger partial charge on any atom is 0.256 e. The number of hydrogen-bond donors (Lipinski definition) is 1. The number of aromatic nitrogens is 2. The van der Waals surface area contributed by atoms with Crippen LogP contribution in [0.25, 0.3) is 0 Å². The zero-order valence-electron chi connectivity index (χ0n) is 13.2. The van der Waals surface area contributed by atoms with Crippen LogP contribution in [-0.4, -0.2) is 15.7 Å². The maximum atomic E-state index is 12.4. The number of amides is 1. The molecule has 3 rings (SSSR count). The van der Waals surface area contributed by atoms with Crippen LogP contribution in [0.3, 0.4) is 0 Å². The van der Waals surface area contributed by atoms with Gasteiger partial charge < -0.3 is 5.32 Å². The minimum atomic E-state index is -0.349. The highest BCUT2D eigenvalue weighted by molar-refractivity contribution is 9.10. The summed E-state index contributed by atoms with van der Waals surface area (Å²) in [7, 11) is 0. The molecule has 0 radical (unpaired) electrons. The molecule has 3 aromatic rings. The Labute approximate surface area is 168 Å². The number of carbonyl (C=O) groups excluding carboxylic acids is 1. The third kappa shape index (κ3) is 4.25. The molecule has 0 saturated heterocycles. The van der Waals surface area contributed by atoms with Gasteiger partial charge in [-0.25, -0.2) is 0 Å². The molecule has 0 atom stereocenters. The maximum absolute atomic E-state index is 12.4. The molecule has 1 heterocycles. The molecule has 26 heavy (non-hydrogen) atoms. The second kappa shape index (κ2) is 7.92. The fraction of sp³-hybridized carbons (Fsp3) is 0.0556. The van der Waals surface area contributed by atoms with Gasteiger partial charge in [-0.05, 0) is 51.8 Å². The molecule has 1 aromatic heterocycles. The Hall–Kier alpha value is -2.33. The van der Waals surface area contributed by atoms with Crippen LogP contribution in [0.4, 0.5) is 5.82 Å². The van der Waals surface area contributed by atoms with Crippen LogP contribution >= 0.6 is 39.1 Å². The van der Waals surface area contributed by atoms with Crippen molar-refractivity contribution in [2.24, 2.45) is 0 Å². The molecular formula is C18H11BrCl2N4O. The number of benzene rings is 2. The Balaban J connectivity index is 1.77. The van der Waals surface area contributed by atoms with Crippen LogP contribution in [0.15, 0.2) is 53.1 Å². The van der Waals surface area contributed by atoms with Crippen LogP contribution < -0.4 is 5.32 Å². The molecule has 0 aliphatic carbocycles. The minimum Gasteiger partial charge on any atom is -0.304 e. The van der Waals surface area contributed by atoms with Crippen molar-refractivity contribution in [2.75, 3.05) is 5.32 Å². The van der Waals surface area contributed by atoms with Gasteiger partial charge in [0.05, 0.1) is 22.7 Å². The molecule has 1 amide bonds. The van der Waals surface area contributed by atoms with E-state index in [-0.39, 0.29) is 5.91 Å². The molecule has 0 aliphatic heterocycles. The predicted octanol–water partition coefficient (Wildman–Crippen LogP) is 5.12. The van der Waals surface area contributed by atoms with E-state index < -0.39 is 0 Å². The van der Waals surface area contributed by atoms with Gasteiger partial charge in [0, 0.05) is 21.8 Å². The molecular weight excluding hydrogens is 439 g/mol. The van der Waals surface area contributed by atoms with Gasteiger partial charge in [-0.3, -0.25) is 9.48 Å². The molecule has 8 heteroatoms. The van der Waals surface area contributed by atoms with Gasteiger partial charge >= 0.3 is 0 Å². The number of carbonyl (C=O) groups is 1. The lowest BCUT2D eigenvalue weighted by Crippen LogP contribution is -2.13. The van der Waals surface area contributed by atoms with Crippen molar-refractivity contribution in [3.05, 3.63) is 79.9 Å². The SMILES string of the molecule is N#Cc1cccc(C(=O)Nc2nn(Cc3ccc(Cl)cc3Cl)cc2Br)c1. The zero-order chi connectivity index (χ0) is 18.7. The highest BCUT2D eigenvalue weighted by Crippen LogP contribution is 2.25. The van der Waals surface area contributed by atoms with Crippen LogP contribution in [0, 0.1) is 11.3 Å². The Morgan fingerprint density at radius 3 is 2.81 bits per heavy atom. The summed E-state index contributed by atoms with van der Waals surface area (Å²) in [4.78, 5) is 12.4. The van der Waals surface area contributed by atoms with Crippen molar-refractivity contribution in [1.29, 1.82) is 5.26 Å². The van der Waals surface area contributed by atoms with Gasteiger partial charge in [-0.2, -0.15) is 10.4 Å². The Morgan fingerprint density at radius 2 is 2.08 bits per heavy atom. The summed E-state index contributed by atoms with van der Waals surface area (Å²) in [6.45, 7) is 0.425. The van der Waals surface area contributed by atoms with Crippen LogP contribution in [0.5, 0.6) is 0 Å². The van der Waals surface area contributed by atoms with Crippen molar-refractivity contribution in [1.82, 2.24) is 9.78 Å². The normalized spacial score (nSPS) is 10.4. The summed E-state index contributed by atoms with van der Waals surface area (Å²) in [5, 5.41) is 17.1. The summed E-state index contributed by atoms with van der Waals surface area (Å²) in [5.74, 6) is 0.0278. The lowest BCUT2D eigenvalue weighted by molar-refractivity contribution is 0.102. The quantitative estimate of drug-likeness (QED) is 0.600. The third-order valence-corrected chi connectivity index (χ3v) is 4.72. The van der Waals surface area contributed by atoms with Gasteiger partial charge in [0.2, 0.25) is 0 Å². The highest BCUT2D eigenvalue weighted by atomic mass is 79.9. The van der Waals surface area contributed by atoms with E-state index >= 15 is 0 Å². The molecule has 1 N–H and O–H groups in total. The van der Waals surface area contributed by atoms with Crippen LogP contribution in [0.2, 0.25) is 10.0 Å². The van der Waals surface area contributed by atoms with Crippen molar-refractivity contribution >= 4 is 50.9 Å². The van der Waals surface area contributed by atoms with Gasteiger partial charge in [0.15, 0.2) is 5.82 Å². The molecule has 0 bridgehead atoms. The fourth-order valence-electron chi connectivity index (χ4n) is 2.30. The summed E-state index contributed by atoms with van der Waals surface area (Å²) in [5.41, 5.74) is 1.65. The molecule has 0 aliphatic rings. The molecule has 0 saturated carbocycles. The number of rotatable bonds is 4. The average Bonchev–Trinajstić information content (AvgIpc) is 2.96. The first-order chi connectivity index (χ1) is 12.5. The largest absolute Gasteiger partial charge is 0.304 e. The van der Waals surface area contributed by atoms with Crippen molar-refractivity contribution in [3.8, 4) is 6.07 Å². The topological polar surface area (TPSA) is 70.7 Å². The summed E-state index contributed by atoms with van der Waals surface area (Å²) in [6.07, 6.45) is 1.74. The van der Waals surface area contributed by atoms with Crippen LogP contribution in [0.1, 0.15) is 21.5 Å². The van der Waals surface area contributed by atoms with Crippen molar-refractivity contribution in [3.63, 3.8) is 0 Å². The van der Waals surface area contributed by atoms with Crippen molar-refractivity contribution in [2.45, 2.75) is 6.54 Å². The second-order valence-corrected chi connectivity index (χ2v) is 7.10. The monoisotopic (exact) mass is 448 g/mol. The average molecular weight is 450 g/mol. The number of anilines is 1. The van der Waals surface area contributed by atoms with Crippen molar-refractivity contribution < 1.29 is 4.79 Å². The van der Waals surface area contributed by atoms with E-state index in [0.717, 1.165) is 5.56 Å². The second-order valence-electron chi connectivity index (χ2n) is 5.41. The number of nitriles is 1. The van der Waals surface area contributed by atoms with Gasteiger partial charge in [-0.15, -0.1) is 0 Å². The summed E-state index contributed by atoms with van der Waals surface area (Å²) in [6, 6.07) is 13.7. The number of nitrogens with zero attached hydrogens (tertiary/aromatic N) is 3. The fourth-order valence-corrected chi connectivity index (χ4v) is 3.18. The number of hydrogen-bond acceptors (Lipinski definition) is 3. The van der Waals surface area contributed by atoms with E-state index in [0.29, 0.717) is 38.0 Å². The van der Waals surface area contributed by atoms with E-state index in [1.54, 1.807) is 41.2 Å². The smallest absolute Gasteiger partial charge is 0.256 e. The highest BCUT2D eigenvalue weighted by Gasteiger charge is 2.13. The molecule has 0 unspecified atom stereocenters. The molecule has 0 spiro atoms. The van der Waals surface area contributed by atoms with Gasteiger partial charge in [0.1, 0.15) is 0 Å². The molecule has 2 aromatic carbocycles. The standard InChI is InChI=1S/C18H11BrCl2N4O/c19-15-10-25(9-13-4-5-14(20)7-16(13)21)24-17(15)23-18(26)12-3-1-2-11(6-12)8-22/h1-7,10H,9H2,(H,23,24,26). The van der Waals surface area contributed by atoms with E-state index in [9.17, 15) is 4.79 Å². The van der Waals surface area contributed by atoms with E-state index in [4.69, 9.17) is 28.5 Å². The first-order valence-corrected chi connectivity index (χ1v) is 8.99. The zero-order valence-corrected chi connectivity index (χ0v) is 16.3. The lowest BCUT2D eigenvalue weighted by atomic mass is 10.1. The molecule has 0 fully saturated rings. The third-order valence-electron chi connectivity index (χ3n) is 3.55. The first-order valence-electron chi connectivity index (χ1n) is 7.44. The first kappa shape index (κ1) is 18.5. The molecule has 130 valence electrons. The van der Waals surface area contributed by atoms with Gasteiger partial charge in [0.25, 0.3) is 5.91 Å². The Bertz CT molecular complexity index is 1030. The Morgan fingerprint density at radius 1 is 1.27 bits per heavy atom. The van der Waals surface area contributed by atoms with E-state index in [1.807, 2.05) is 12.1 Å². The lowest BCUT2D eigenvalue weighted by Gasteiger charge is -2.05. The van der Waals surface area contributed by atoms with Crippen LogP contribution in [-0.2, 0) is 6.54 Å². The summed E-state index contributed by atoms with van der Waals surface area (Å²) < 4.78 is 2.29. The number of nitrogens with one attached hydrogen (secondary N) is 1. The van der Waals surface area contributed by atoms with Gasteiger partial charge in [-0.1, -0.05) is 35.3 Å². The Kier molecular flexibility index (Phi) is 5.62. The van der Waals surface area contributed by atoms with E-state index in [2.05, 4.69) is 26.3 Å². The minimum absolute atomic E-state index is 0.349.